The average Bonchev–Trinajstić information content (AvgIpc) is 2.91. The van der Waals surface area contributed by atoms with Crippen LogP contribution in [0, 0.1) is 0 Å². The van der Waals surface area contributed by atoms with Gasteiger partial charge in [-0.15, -0.1) is 0 Å². The fourth-order valence-corrected chi connectivity index (χ4v) is 4.01. The first-order valence-corrected chi connectivity index (χ1v) is 10.9. The van der Waals surface area contributed by atoms with Crippen molar-refractivity contribution in [2.45, 2.75) is 27.3 Å². The van der Waals surface area contributed by atoms with Gasteiger partial charge in [-0.25, -0.2) is 8.42 Å². The largest absolute Gasteiger partial charge is 0.494 e. The second-order valence-electron chi connectivity index (χ2n) is 5.55. The van der Waals surface area contributed by atoms with E-state index in [9.17, 15) is 18.0 Å². The smallest absolute Gasteiger partial charge is 0.264 e. The highest BCUT2D eigenvalue weighted by atomic mass is 32.2. The first-order valence-electron chi connectivity index (χ1n) is 8.43. The van der Waals surface area contributed by atoms with Gasteiger partial charge in [0.15, 0.2) is 4.80 Å². The Morgan fingerprint density at radius 1 is 1.22 bits per heavy atom. The number of hydrogen-bond acceptors (Lipinski definition) is 7. The van der Waals surface area contributed by atoms with Gasteiger partial charge in [0.25, 0.3) is 5.91 Å². The molecule has 1 heterocycles. The van der Waals surface area contributed by atoms with E-state index in [1.807, 2.05) is 32.0 Å². The van der Waals surface area contributed by atoms with Crippen LogP contribution in [0.5, 0.6) is 5.75 Å². The standard InChI is InChI=1S/C17H22N2O6S2/c1-4-24-9-8-19-14-7-6-13(25-5-2)10-15(14)26-17(19)18-16(21)11-27(22,23)12(3)20/h6-7,10H,4-5,8-9,11H2,1-3H3. The molecule has 0 N–H and O–H groups in total. The number of rotatable bonds is 8. The molecule has 0 unspecified atom stereocenters. The maximum atomic E-state index is 12.1. The fraction of sp³-hybridized carbons (Fsp3) is 0.471. The number of thiazole rings is 1. The molecule has 0 aliphatic carbocycles. The normalized spacial score (nSPS) is 12.5. The number of hydrogen-bond donors (Lipinski definition) is 0. The van der Waals surface area contributed by atoms with Crippen molar-refractivity contribution in [3.05, 3.63) is 23.0 Å². The molecule has 0 bridgehead atoms. The Bertz CT molecular complexity index is 1000. The highest BCUT2D eigenvalue weighted by molar-refractivity contribution is 8.06. The van der Waals surface area contributed by atoms with Crippen molar-refractivity contribution < 1.29 is 27.5 Å². The number of benzene rings is 1. The number of nitrogens with zero attached hydrogens (tertiary/aromatic N) is 2. The minimum atomic E-state index is -4.13. The lowest BCUT2D eigenvalue weighted by atomic mass is 10.3. The molecule has 0 aliphatic rings. The molecule has 1 aromatic heterocycles. The molecule has 0 radical (unpaired) electrons. The lowest BCUT2D eigenvalue weighted by Crippen LogP contribution is -2.24. The fourth-order valence-electron chi connectivity index (χ4n) is 2.31. The first kappa shape index (κ1) is 21.3. The summed E-state index contributed by atoms with van der Waals surface area (Å²) in [4.78, 5) is 27.5. The van der Waals surface area contributed by atoms with Crippen LogP contribution in [0.2, 0.25) is 0 Å². The molecule has 2 aromatic rings. The Labute approximate surface area is 161 Å². The van der Waals surface area contributed by atoms with Gasteiger partial charge in [-0.05, 0) is 32.0 Å². The molecule has 8 nitrogen and oxygen atoms in total. The van der Waals surface area contributed by atoms with Crippen molar-refractivity contribution in [2.75, 3.05) is 25.6 Å². The minimum Gasteiger partial charge on any atom is -0.494 e. The Morgan fingerprint density at radius 2 is 1.96 bits per heavy atom. The Morgan fingerprint density at radius 3 is 2.59 bits per heavy atom. The van der Waals surface area contributed by atoms with Crippen molar-refractivity contribution in [1.29, 1.82) is 0 Å². The molecule has 0 fully saturated rings. The van der Waals surface area contributed by atoms with Crippen LogP contribution in [0.4, 0.5) is 0 Å². The molecular formula is C17H22N2O6S2. The SMILES string of the molecule is CCOCCn1c(=NC(=O)CS(=O)(=O)C(C)=O)sc2cc(OCC)ccc21. The number of aromatic nitrogens is 1. The quantitative estimate of drug-likeness (QED) is 0.607. The van der Waals surface area contributed by atoms with Gasteiger partial charge in [0.2, 0.25) is 15.0 Å². The molecule has 10 heteroatoms. The molecule has 0 aliphatic heterocycles. The summed E-state index contributed by atoms with van der Waals surface area (Å²) in [5.41, 5.74) is 0.837. The van der Waals surface area contributed by atoms with Crippen LogP contribution >= 0.6 is 11.3 Å². The zero-order valence-corrected chi connectivity index (χ0v) is 17.1. The third kappa shape index (κ3) is 5.47. The van der Waals surface area contributed by atoms with Crippen molar-refractivity contribution in [3.8, 4) is 5.75 Å². The van der Waals surface area contributed by atoms with E-state index in [1.165, 1.54) is 11.3 Å². The Balaban J connectivity index is 2.47. The lowest BCUT2D eigenvalue weighted by molar-refractivity contribution is -0.116. The maximum absolute atomic E-state index is 12.1. The third-order valence-electron chi connectivity index (χ3n) is 3.60. The van der Waals surface area contributed by atoms with Crippen LogP contribution < -0.4 is 9.54 Å². The van der Waals surface area contributed by atoms with Crippen molar-refractivity contribution in [1.82, 2.24) is 4.57 Å². The number of fused-ring (bicyclic) bond motifs is 1. The van der Waals surface area contributed by atoms with Gasteiger partial charge < -0.3 is 14.0 Å². The van der Waals surface area contributed by atoms with E-state index >= 15 is 0 Å². The predicted octanol–water partition coefficient (Wildman–Crippen LogP) is 1.53. The van der Waals surface area contributed by atoms with E-state index in [-0.39, 0.29) is 0 Å². The summed E-state index contributed by atoms with van der Waals surface area (Å²) in [6.45, 7) is 6.64. The second kappa shape index (κ2) is 9.25. The summed E-state index contributed by atoms with van der Waals surface area (Å²) in [5.74, 6) is -1.13. The summed E-state index contributed by atoms with van der Waals surface area (Å²) in [5, 5.41) is -1.05. The molecule has 0 atom stereocenters. The molecule has 148 valence electrons. The van der Waals surface area contributed by atoms with Crippen molar-refractivity contribution in [3.63, 3.8) is 0 Å². The van der Waals surface area contributed by atoms with Gasteiger partial charge in [0.1, 0.15) is 11.5 Å². The van der Waals surface area contributed by atoms with Crippen LogP contribution in [-0.2, 0) is 30.7 Å². The second-order valence-corrected chi connectivity index (χ2v) is 8.65. The number of sulfone groups is 1. The summed E-state index contributed by atoms with van der Waals surface area (Å²) >= 11 is 1.24. The molecule has 0 saturated heterocycles. The van der Waals surface area contributed by atoms with Crippen LogP contribution in [0.25, 0.3) is 10.2 Å². The zero-order chi connectivity index (χ0) is 20.0. The highest BCUT2D eigenvalue weighted by Gasteiger charge is 2.21. The molecule has 2 rings (SSSR count). The molecule has 1 amide bonds. The summed E-state index contributed by atoms with van der Waals surface area (Å²) in [6, 6.07) is 5.52. The molecule has 1 aromatic carbocycles. The number of carbonyl (C=O) groups is 2. The molecule has 27 heavy (non-hydrogen) atoms. The van der Waals surface area contributed by atoms with Crippen LogP contribution in [-0.4, -0.2) is 49.6 Å². The number of amides is 1. The van der Waals surface area contributed by atoms with E-state index in [4.69, 9.17) is 9.47 Å². The molecule has 0 spiro atoms. The first-order chi connectivity index (χ1) is 12.8. The average molecular weight is 415 g/mol. The summed E-state index contributed by atoms with van der Waals surface area (Å²) in [6.07, 6.45) is 0. The molecule has 0 saturated carbocycles. The number of ether oxygens (including phenoxy) is 2. The zero-order valence-electron chi connectivity index (χ0n) is 15.4. The van der Waals surface area contributed by atoms with Crippen LogP contribution in [0.3, 0.4) is 0 Å². The maximum Gasteiger partial charge on any atom is 0.264 e. The Hall–Kier alpha value is -2.04. The van der Waals surface area contributed by atoms with Gasteiger partial charge in [-0.3, -0.25) is 9.59 Å². The van der Waals surface area contributed by atoms with Gasteiger partial charge in [-0.1, -0.05) is 11.3 Å². The Kier molecular flexibility index (Phi) is 7.28. The minimum absolute atomic E-state index is 0.349. The third-order valence-corrected chi connectivity index (χ3v) is 6.14. The number of carbonyl (C=O) groups excluding carboxylic acids is 2. The van der Waals surface area contributed by atoms with Crippen molar-refractivity contribution in [2.24, 2.45) is 4.99 Å². The van der Waals surface area contributed by atoms with E-state index in [2.05, 4.69) is 4.99 Å². The predicted molar refractivity (Wildman–Crippen MR) is 103 cm³/mol. The van der Waals surface area contributed by atoms with Gasteiger partial charge >= 0.3 is 0 Å². The van der Waals surface area contributed by atoms with Gasteiger partial charge in [-0.2, -0.15) is 4.99 Å². The summed E-state index contributed by atoms with van der Waals surface area (Å²) in [7, 11) is -4.13. The summed E-state index contributed by atoms with van der Waals surface area (Å²) < 4.78 is 36.8. The van der Waals surface area contributed by atoms with Gasteiger partial charge in [0, 0.05) is 20.1 Å². The van der Waals surface area contributed by atoms with E-state index in [0.717, 1.165) is 17.1 Å². The van der Waals surface area contributed by atoms with Crippen LogP contribution in [0.1, 0.15) is 20.8 Å². The highest BCUT2D eigenvalue weighted by Crippen LogP contribution is 2.23. The van der Waals surface area contributed by atoms with Gasteiger partial charge in [0.05, 0.1) is 23.4 Å². The lowest BCUT2D eigenvalue weighted by Gasteiger charge is -2.06. The van der Waals surface area contributed by atoms with E-state index in [1.54, 1.807) is 4.57 Å². The monoisotopic (exact) mass is 414 g/mol. The van der Waals surface area contributed by atoms with E-state index in [0.29, 0.717) is 36.9 Å². The topological polar surface area (TPSA) is 104 Å². The molecular weight excluding hydrogens is 392 g/mol. The van der Waals surface area contributed by atoms with E-state index < -0.39 is 26.6 Å². The van der Waals surface area contributed by atoms with Crippen LogP contribution in [0.15, 0.2) is 23.2 Å². The van der Waals surface area contributed by atoms with Crippen molar-refractivity contribution >= 4 is 42.4 Å².